The summed E-state index contributed by atoms with van der Waals surface area (Å²) >= 11 is 0. The monoisotopic (exact) mass is 379 g/mol. The fraction of sp³-hybridized carbons (Fsp3) is 0.333. The summed E-state index contributed by atoms with van der Waals surface area (Å²) in [5.74, 6) is 0.370. The van der Waals surface area contributed by atoms with Gasteiger partial charge in [0.05, 0.1) is 6.26 Å². The fourth-order valence-corrected chi connectivity index (χ4v) is 2.70. The average molecular weight is 380 g/mol. The number of anilines is 1. The van der Waals surface area contributed by atoms with Gasteiger partial charge in [-0.2, -0.15) is 0 Å². The van der Waals surface area contributed by atoms with Gasteiger partial charge in [0.25, 0.3) is 11.8 Å². The van der Waals surface area contributed by atoms with Gasteiger partial charge in [-0.25, -0.2) is 0 Å². The van der Waals surface area contributed by atoms with E-state index in [-0.39, 0.29) is 42.6 Å². The number of hydrogen-bond donors (Lipinski definition) is 2. The zero-order valence-corrected chi connectivity index (χ0v) is 15.3. The third-order valence-electron chi connectivity index (χ3n) is 4.02. The third kappa shape index (κ3) is 5.00. The number of nitrogens with one attached hydrogen (secondary N) is 2. The minimum absolute atomic E-state index is 0. The molecule has 26 heavy (non-hydrogen) atoms. The minimum atomic E-state index is -0.340. The average Bonchev–Trinajstić information content (AvgIpc) is 3.15. The molecule has 2 N–H and O–H groups in total. The van der Waals surface area contributed by atoms with Gasteiger partial charge >= 0.3 is 0 Å². The molecule has 1 aliphatic heterocycles. The number of piperazine rings is 1. The summed E-state index contributed by atoms with van der Waals surface area (Å²) in [6, 6.07) is 10.3. The highest BCUT2D eigenvalue weighted by Gasteiger charge is 2.23. The Hall–Kier alpha value is -2.51. The maximum Gasteiger partial charge on any atom is 0.291 e. The molecule has 1 aliphatic rings. The predicted octanol–water partition coefficient (Wildman–Crippen LogP) is 2.15. The molecule has 2 amide bonds. The van der Waals surface area contributed by atoms with Crippen LogP contribution in [0.2, 0.25) is 0 Å². The molecule has 8 heteroatoms. The normalized spacial score (nSPS) is 16.5. The molecule has 1 aromatic carbocycles. The van der Waals surface area contributed by atoms with Crippen molar-refractivity contribution in [2.75, 3.05) is 31.6 Å². The van der Waals surface area contributed by atoms with Crippen molar-refractivity contribution >= 4 is 29.9 Å². The quantitative estimate of drug-likeness (QED) is 0.831. The van der Waals surface area contributed by atoms with Gasteiger partial charge in [-0.05, 0) is 31.2 Å². The second-order valence-corrected chi connectivity index (χ2v) is 5.89. The Morgan fingerprint density at radius 2 is 2.19 bits per heavy atom. The Morgan fingerprint density at radius 1 is 1.35 bits per heavy atom. The second kappa shape index (κ2) is 9.26. The number of halogens is 1. The van der Waals surface area contributed by atoms with E-state index in [1.54, 1.807) is 36.4 Å². The van der Waals surface area contributed by atoms with Gasteiger partial charge in [-0.1, -0.05) is 6.07 Å². The largest absolute Gasteiger partial charge is 0.484 e. The van der Waals surface area contributed by atoms with Crippen LogP contribution in [0.25, 0.3) is 0 Å². The molecule has 1 atom stereocenters. The zero-order chi connectivity index (χ0) is 17.6. The molecule has 1 aromatic heterocycles. The first kappa shape index (κ1) is 19.8. The van der Waals surface area contributed by atoms with Crippen LogP contribution >= 0.6 is 12.4 Å². The fourth-order valence-electron chi connectivity index (χ4n) is 2.70. The van der Waals surface area contributed by atoms with Gasteiger partial charge in [-0.15, -0.1) is 12.4 Å². The first-order chi connectivity index (χ1) is 12.1. The molecule has 0 saturated carbocycles. The van der Waals surface area contributed by atoms with Gasteiger partial charge < -0.3 is 24.7 Å². The van der Waals surface area contributed by atoms with Gasteiger partial charge in [0.15, 0.2) is 12.4 Å². The van der Waals surface area contributed by atoms with E-state index in [1.807, 2.05) is 11.8 Å². The van der Waals surface area contributed by atoms with Crippen LogP contribution in [0, 0.1) is 0 Å². The molecular weight excluding hydrogens is 358 g/mol. The van der Waals surface area contributed by atoms with E-state index in [4.69, 9.17) is 9.15 Å². The standard InChI is InChI=1S/C18H21N3O4.ClH/c1-13-11-19-7-8-21(13)17(22)12-25-15-5-2-4-14(10-15)20-18(23)16-6-3-9-24-16;/h2-6,9-10,13,19H,7-8,11-12H2,1H3,(H,20,23);1H/t13-;/m0./s1. The molecule has 3 rings (SSSR count). The van der Waals surface area contributed by atoms with Gasteiger partial charge in [0.1, 0.15) is 5.75 Å². The number of hydrogen-bond acceptors (Lipinski definition) is 5. The van der Waals surface area contributed by atoms with Crippen LogP contribution in [0.4, 0.5) is 5.69 Å². The number of carbonyl (C=O) groups is 2. The predicted molar refractivity (Wildman–Crippen MR) is 99.9 cm³/mol. The summed E-state index contributed by atoms with van der Waals surface area (Å²) in [6.45, 7) is 4.25. The lowest BCUT2D eigenvalue weighted by Gasteiger charge is -2.33. The SMILES string of the molecule is C[C@H]1CNCCN1C(=O)COc1cccc(NC(=O)c2ccco2)c1.Cl. The number of furan rings is 1. The van der Waals surface area contributed by atoms with E-state index < -0.39 is 0 Å². The van der Waals surface area contributed by atoms with Crippen molar-refractivity contribution in [3.63, 3.8) is 0 Å². The van der Waals surface area contributed by atoms with E-state index in [0.29, 0.717) is 18.0 Å². The molecule has 0 unspecified atom stereocenters. The van der Waals surface area contributed by atoms with Crippen LogP contribution in [0.3, 0.4) is 0 Å². The number of amides is 2. The highest BCUT2D eigenvalue weighted by molar-refractivity contribution is 6.02. The van der Waals surface area contributed by atoms with Crippen LogP contribution in [-0.4, -0.2) is 49.0 Å². The van der Waals surface area contributed by atoms with Crippen molar-refractivity contribution < 1.29 is 18.7 Å². The molecule has 0 bridgehead atoms. The maximum atomic E-state index is 12.3. The molecular formula is C18H22ClN3O4. The van der Waals surface area contributed by atoms with E-state index in [2.05, 4.69) is 10.6 Å². The van der Waals surface area contributed by atoms with E-state index in [1.165, 1.54) is 6.26 Å². The summed E-state index contributed by atoms with van der Waals surface area (Å²) in [5.41, 5.74) is 0.571. The summed E-state index contributed by atoms with van der Waals surface area (Å²) in [4.78, 5) is 26.1. The molecule has 1 saturated heterocycles. The number of ether oxygens (including phenoxy) is 1. The molecule has 2 aromatic rings. The lowest BCUT2D eigenvalue weighted by molar-refractivity contribution is -0.136. The van der Waals surface area contributed by atoms with Crippen LogP contribution in [0.15, 0.2) is 47.1 Å². The number of rotatable bonds is 5. The van der Waals surface area contributed by atoms with Crippen molar-refractivity contribution in [3.05, 3.63) is 48.4 Å². The highest BCUT2D eigenvalue weighted by atomic mass is 35.5. The lowest BCUT2D eigenvalue weighted by atomic mass is 10.2. The Bertz CT molecular complexity index is 736. The molecule has 7 nitrogen and oxygen atoms in total. The van der Waals surface area contributed by atoms with Crippen molar-refractivity contribution in [1.82, 2.24) is 10.2 Å². The number of carbonyl (C=O) groups excluding carboxylic acids is 2. The minimum Gasteiger partial charge on any atom is -0.484 e. The van der Waals surface area contributed by atoms with E-state index in [9.17, 15) is 9.59 Å². The molecule has 0 aliphatic carbocycles. The first-order valence-corrected chi connectivity index (χ1v) is 8.21. The van der Waals surface area contributed by atoms with Gasteiger partial charge in [0.2, 0.25) is 0 Å². The van der Waals surface area contributed by atoms with Gasteiger partial charge in [0, 0.05) is 37.4 Å². The van der Waals surface area contributed by atoms with Crippen LogP contribution in [0.1, 0.15) is 17.5 Å². The van der Waals surface area contributed by atoms with Crippen molar-refractivity contribution in [2.45, 2.75) is 13.0 Å². The van der Waals surface area contributed by atoms with E-state index >= 15 is 0 Å². The van der Waals surface area contributed by atoms with Crippen molar-refractivity contribution in [1.29, 1.82) is 0 Å². The molecule has 0 radical (unpaired) electrons. The maximum absolute atomic E-state index is 12.3. The molecule has 0 spiro atoms. The summed E-state index contributed by atoms with van der Waals surface area (Å²) in [5, 5.41) is 5.97. The number of benzene rings is 1. The third-order valence-corrected chi connectivity index (χ3v) is 4.02. The molecule has 140 valence electrons. The summed E-state index contributed by atoms with van der Waals surface area (Å²) in [6.07, 6.45) is 1.44. The van der Waals surface area contributed by atoms with Crippen LogP contribution < -0.4 is 15.4 Å². The Balaban J connectivity index is 0.00000243. The summed E-state index contributed by atoms with van der Waals surface area (Å²) < 4.78 is 10.7. The Morgan fingerprint density at radius 3 is 2.92 bits per heavy atom. The Labute approximate surface area is 158 Å². The number of nitrogens with zero attached hydrogens (tertiary/aromatic N) is 1. The highest BCUT2D eigenvalue weighted by Crippen LogP contribution is 2.18. The van der Waals surface area contributed by atoms with Crippen molar-refractivity contribution in [2.24, 2.45) is 0 Å². The van der Waals surface area contributed by atoms with Crippen LogP contribution in [-0.2, 0) is 4.79 Å². The smallest absolute Gasteiger partial charge is 0.291 e. The summed E-state index contributed by atoms with van der Waals surface area (Å²) in [7, 11) is 0. The van der Waals surface area contributed by atoms with E-state index in [0.717, 1.165) is 13.1 Å². The van der Waals surface area contributed by atoms with Gasteiger partial charge in [-0.3, -0.25) is 9.59 Å². The zero-order valence-electron chi connectivity index (χ0n) is 14.4. The van der Waals surface area contributed by atoms with Crippen molar-refractivity contribution in [3.8, 4) is 5.75 Å². The lowest BCUT2D eigenvalue weighted by Crippen LogP contribution is -2.53. The Kier molecular flexibility index (Phi) is 7.06. The molecule has 1 fully saturated rings. The second-order valence-electron chi connectivity index (χ2n) is 5.89. The molecule has 2 heterocycles. The first-order valence-electron chi connectivity index (χ1n) is 8.21. The topological polar surface area (TPSA) is 83.8 Å². The van der Waals surface area contributed by atoms with Crippen LogP contribution in [0.5, 0.6) is 5.75 Å².